The number of rotatable bonds is 5. The average molecular weight is 234 g/mol. The first kappa shape index (κ1) is 11.8. The van der Waals surface area contributed by atoms with Crippen molar-refractivity contribution in [3.05, 3.63) is 18.1 Å². The molecule has 1 saturated carbocycles. The zero-order chi connectivity index (χ0) is 12.1. The third-order valence-corrected chi connectivity index (χ3v) is 3.00. The molecular weight excluding hydrogens is 216 g/mol. The molecule has 1 aliphatic carbocycles. The fourth-order valence-electron chi connectivity index (χ4n) is 1.77. The van der Waals surface area contributed by atoms with Crippen LogP contribution < -0.4 is 10.6 Å². The second-order valence-electron chi connectivity index (χ2n) is 4.33. The fraction of sp³-hybridized carbons (Fsp3) is 0.583. The Morgan fingerprint density at radius 3 is 2.94 bits per heavy atom. The smallest absolute Gasteiger partial charge is 0.271 e. The Kier molecular flexibility index (Phi) is 3.90. The summed E-state index contributed by atoms with van der Waals surface area (Å²) in [4.78, 5) is 20.0. The van der Waals surface area contributed by atoms with Crippen molar-refractivity contribution in [2.75, 3.05) is 18.4 Å². The molecule has 5 heteroatoms. The summed E-state index contributed by atoms with van der Waals surface area (Å²) in [5.41, 5.74) is 0.378. The molecule has 1 aromatic rings. The van der Waals surface area contributed by atoms with Crippen molar-refractivity contribution in [1.82, 2.24) is 15.3 Å². The molecule has 1 fully saturated rings. The van der Waals surface area contributed by atoms with E-state index in [1.165, 1.54) is 25.5 Å². The Hall–Kier alpha value is -1.65. The largest absolute Gasteiger partial charge is 0.369 e. The van der Waals surface area contributed by atoms with Crippen LogP contribution in [-0.4, -0.2) is 29.0 Å². The van der Waals surface area contributed by atoms with E-state index in [0.717, 1.165) is 13.1 Å². The molecule has 0 unspecified atom stereocenters. The van der Waals surface area contributed by atoms with Gasteiger partial charge in [0.15, 0.2) is 0 Å². The van der Waals surface area contributed by atoms with E-state index in [1.807, 2.05) is 6.92 Å². The molecule has 1 aromatic heterocycles. The fourth-order valence-corrected chi connectivity index (χ4v) is 1.77. The summed E-state index contributed by atoms with van der Waals surface area (Å²) in [6.45, 7) is 3.50. The minimum Gasteiger partial charge on any atom is -0.369 e. The molecule has 0 radical (unpaired) electrons. The number of aromatic nitrogens is 2. The highest BCUT2D eigenvalue weighted by atomic mass is 16.1. The third kappa shape index (κ3) is 3.15. The summed E-state index contributed by atoms with van der Waals surface area (Å²) in [6, 6.07) is 0. The zero-order valence-corrected chi connectivity index (χ0v) is 10.1. The van der Waals surface area contributed by atoms with Gasteiger partial charge in [-0.1, -0.05) is 6.42 Å². The second-order valence-corrected chi connectivity index (χ2v) is 4.33. The molecule has 0 bridgehead atoms. The van der Waals surface area contributed by atoms with Gasteiger partial charge in [-0.25, -0.2) is 4.98 Å². The number of hydrogen-bond acceptors (Lipinski definition) is 4. The summed E-state index contributed by atoms with van der Waals surface area (Å²) < 4.78 is 0. The van der Waals surface area contributed by atoms with Crippen molar-refractivity contribution in [3.8, 4) is 0 Å². The van der Waals surface area contributed by atoms with Crippen LogP contribution in [0.3, 0.4) is 0 Å². The maximum absolute atomic E-state index is 11.8. The van der Waals surface area contributed by atoms with E-state index < -0.39 is 0 Å². The molecule has 1 heterocycles. The predicted molar refractivity (Wildman–Crippen MR) is 65.9 cm³/mol. The summed E-state index contributed by atoms with van der Waals surface area (Å²) in [5, 5.41) is 5.94. The van der Waals surface area contributed by atoms with Gasteiger partial charge >= 0.3 is 0 Å². The van der Waals surface area contributed by atoms with Crippen LogP contribution in [0.2, 0.25) is 0 Å². The number of carbonyl (C=O) groups is 1. The number of anilines is 1. The molecule has 2 N–H and O–H groups in total. The molecule has 2 rings (SSSR count). The molecule has 5 nitrogen and oxygen atoms in total. The lowest BCUT2D eigenvalue weighted by molar-refractivity contribution is 0.0934. The van der Waals surface area contributed by atoms with E-state index in [9.17, 15) is 4.79 Å². The molecule has 0 spiro atoms. The topological polar surface area (TPSA) is 66.9 Å². The van der Waals surface area contributed by atoms with E-state index in [4.69, 9.17) is 0 Å². The molecule has 0 aromatic carbocycles. The van der Waals surface area contributed by atoms with Crippen LogP contribution in [0, 0.1) is 5.92 Å². The first-order valence-corrected chi connectivity index (χ1v) is 6.13. The zero-order valence-electron chi connectivity index (χ0n) is 10.1. The third-order valence-electron chi connectivity index (χ3n) is 3.00. The van der Waals surface area contributed by atoms with Crippen molar-refractivity contribution in [2.24, 2.45) is 5.92 Å². The normalized spacial score (nSPS) is 15.1. The minimum atomic E-state index is -0.135. The van der Waals surface area contributed by atoms with Crippen LogP contribution in [0.1, 0.15) is 36.7 Å². The Labute approximate surface area is 101 Å². The van der Waals surface area contributed by atoms with Gasteiger partial charge in [-0.05, 0) is 25.7 Å². The number of nitrogens with one attached hydrogen (secondary N) is 2. The highest BCUT2D eigenvalue weighted by Crippen LogP contribution is 2.25. The molecule has 0 aliphatic heterocycles. The predicted octanol–water partition coefficient (Wildman–Crippen LogP) is 1.44. The van der Waals surface area contributed by atoms with Crippen LogP contribution in [0.4, 0.5) is 5.82 Å². The van der Waals surface area contributed by atoms with E-state index in [2.05, 4.69) is 20.6 Å². The van der Waals surface area contributed by atoms with E-state index in [-0.39, 0.29) is 5.91 Å². The lowest BCUT2D eigenvalue weighted by Gasteiger charge is -2.25. The Morgan fingerprint density at radius 2 is 2.29 bits per heavy atom. The minimum absolute atomic E-state index is 0.135. The standard InChI is InChI=1S/C12H18N4O/c1-2-14-11-8-13-7-10(16-11)12(17)15-6-9-4-3-5-9/h7-9H,2-6H2,1H3,(H,14,16)(H,15,17). The average Bonchev–Trinajstić information content (AvgIpc) is 2.27. The number of amides is 1. The molecular formula is C12H18N4O. The summed E-state index contributed by atoms with van der Waals surface area (Å²) >= 11 is 0. The van der Waals surface area contributed by atoms with Crippen LogP contribution in [0.25, 0.3) is 0 Å². The highest BCUT2D eigenvalue weighted by molar-refractivity contribution is 5.92. The molecule has 1 aliphatic rings. The number of nitrogens with zero attached hydrogens (tertiary/aromatic N) is 2. The summed E-state index contributed by atoms with van der Waals surface area (Å²) in [5.74, 6) is 1.16. The highest BCUT2D eigenvalue weighted by Gasteiger charge is 2.18. The van der Waals surface area contributed by atoms with Gasteiger partial charge in [0.05, 0.1) is 12.4 Å². The molecule has 1 amide bonds. The molecule has 0 atom stereocenters. The SMILES string of the molecule is CCNc1cncc(C(=O)NCC2CCC2)n1. The molecule has 0 saturated heterocycles. The first-order chi connectivity index (χ1) is 8.29. The van der Waals surface area contributed by atoms with Crippen molar-refractivity contribution in [2.45, 2.75) is 26.2 Å². The van der Waals surface area contributed by atoms with Crippen LogP contribution >= 0.6 is 0 Å². The molecule has 17 heavy (non-hydrogen) atoms. The van der Waals surface area contributed by atoms with Crippen molar-refractivity contribution in [3.63, 3.8) is 0 Å². The number of carbonyl (C=O) groups excluding carboxylic acids is 1. The van der Waals surface area contributed by atoms with Gasteiger partial charge in [-0.15, -0.1) is 0 Å². The Balaban J connectivity index is 1.90. The van der Waals surface area contributed by atoms with Crippen LogP contribution in [0.15, 0.2) is 12.4 Å². The van der Waals surface area contributed by atoms with Crippen molar-refractivity contribution >= 4 is 11.7 Å². The Morgan fingerprint density at radius 1 is 1.47 bits per heavy atom. The van der Waals surface area contributed by atoms with E-state index in [0.29, 0.717) is 17.4 Å². The summed E-state index contributed by atoms with van der Waals surface area (Å²) in [7, 11) is 0. The second kappa shape index (κ2) is 5.61. The lowest BCUT2D eigenvalue weighted by Crippen LogP contribution is -2.32. The van der Waals surface area contributed by atoms with Gasteiger partial charge in [0.1, 0.15) is 11.5 Å². The van der Waals surface area contributed by atoms with E-state index >= 15 is 0 Å². The van der Waals surface area contributed by atoms with E-state index in [1.54, 1.807) is 6.20 Å². The summed E-state index contributed by atoms with van der Waals surface area (Å²) in [6.07, 6.45) is 6.85. The maximum Gasteiger partial charge on any atom is 0.271 e. The first-order valence-electron chi connectivity index (χ1n) is 6.13. The van der Waals surface area contributed by atoms with Gasteiger partial charge in [0, 0.05) is 13.1 Å². The maximum atomic E-state index is 11.8. The van der Waals surface area contributed by atoms with Gasteiger partial charge in [0.25, 0.3) is 5.91 Å². The Bertz CT molecular complexity index is 390. The van der Waals surface area contributed by atoms with Crippen molar-refractivity contribution < 1.29 is 4.79 Å². The number of hydrogen-bond donors (Lipinski definition) is 2. The lowest BCUT2D eigenvalue weighted by atomic mass is 9.85. The van der Waals surface area contributed by atoms with Gasteiger partial charge in [-0.2, -0.15) is 0 Å². The van der Waals surface area contributed by atoms with Gasteiger partial charge < -0.3 is 10.6 Å². The van der Waals surface area contributed by atoms with Gasteiger partial charge in [0.2, 0.25) is 0 Å². The quantitative estimate of drug-likeness (QED) is 0.809. The van der Waals surface area contributed by atoms with Gasteiger partial charge in [-0.3, -0.25) is 9.78 Å². The van der Waals surface area contributed by atoms with Crippen LogP contribution in [0.5, 0.6) is 0 Å². The van der Waals surface area contributed by atoms with Crippen LogP contribution in [-0.2, 0) is 0 Å². The monoisotopic (exact) mass is 234 g/mol. The van der Waals surface area contributed by atoms with Crippen molar-refractivity contribution in [1.29, 1.82) is 0 Å². The molecule has 92 valence electrons.